The summed E-state index contributed by atoms with van der Waals surface area (Å²) in [6.07, 6.45) is 0. The SMILES string of the molecule is Cc1cscc1NC(=N)NC(=N)N(C)C. The van der Waals surface area contributed by atoms with Gasteiger partial charge in [-0.3, -0.25) is 16.1 Å². The van der Waals surface area contributed by atoms with Crippen molar-refractivity contribution in [3.63, 3.8) is 0 Å². The van der Waals surface area contributed by atoms with Gasteiger partial charge in [0.1, 0.15) is 0 Å². The Morgan fingerprint density at radius 3 is 2.47 bits per heavy atom. The molecule has 0 bridgehead atoms. The highest BCUT2D eigenvalue weighted by atomic mass is 32.1. The lowest BCUT2D eigenvalue weighted by molar-refractivity contribution is 0.599. The molecule has 0 amide bonds. The number of aryl methyl sites for hydroxylation is 1. The maximum atomic E-state index is 7.60. The summed E-state index contributed by atoms with van der Waals surface area (Å²) in [5.41, 5.74) is 2.01. The molecule has 0 unspecified atom stereocenters. The molecule has 0 saturated carbocycles. The Morgan fingerprint density at radius 2 is 2.00 bits per heavy atom. The molecule has 5 nitrogen and oxygen atoms in total. The molecule has 0 aliphatic heterocycles. The van der Waals surface area contributed by atoms with E-state index in [2.05, 4.69) is 10.6 Å². The molecule has 0 spiro atoms. The van der Waals surface area contributed by atoms with Crippen LogP contribution in [0.2, 0.25) is 0 Å². The molecule has 1 rings (SSSR count). The van der Waals surface area contributed by atoms with Gasteiger partial charge < -0.3 is 10.2 Å². The molecule has 0 saturated heterocycles. The molecule has 1 aromatic rings. The zero-order valence-corrected chi connectivity index (χ0v) is 9.83. The van der Waals surface area contributed by atoms with Gasteiger partial charge in [0.25, 0.3) is 0 Å². The summed E-state index contributed by atoms with van der Waals surface area (Å²) in [4.78, 5) is 1.59. The predicted molar refractivity (Wildman–Crippen MR) is 65.0 cm³/mol. The molecule has 0 atom stereocenters. The Hall–Kier alpha value is -1.56. The van der Waals surface area contributed by atoms with E-state index in [1.165, 1.54) is 0 Å². The highest BCUT2D eigenvalue weighted by Crippen LogP contribution is 2.18. The molecule has 1 heterocycles. The molecule has 1 aromatic heterocycles. The molecule has 0 aliphatic rings. The van der Waals surface area contributed by atoms with Gasteiger partial charge in [-0.2, -0.15) is 0 Å². The summed E-state index contributed by atoms with van der Waals surface area (Å²) < 4.78 is 0. The minimum Gasteiger partial charge on any atom is -0.349 e. The van der Waals surface area contributed by atoms with Crippen LogP contribution in [0, 0.1) is 17.7 Å². The monoisotopic (exact) mass is 225 g/mol. The van der Waals surface area contributed by atoms with Crippen LogP contribution >= 0.6 is 11.3 Å². The first kappa shape index (κ1) is 11.5. The minimum absolute atomic E-state index is 0.107. The number of thiophene rings is 1. The second-order valence-electron chi connectivity index (χ2n) is 3.34. The van der Waals surface area contributed by atoms with Crippen molar-refractivity contribution in [3.05, 3.63) is 16.3 Å². The van der Waals surface area contributed by atoms with Crippen LogP contribution < -0.4 is 10.6 Å². The lowest BCUT2D eigenvalue weighted by Gasteiger charge is -2.16. The molecule has 0 aromatic carbocycles. The molecular weight excluding hydrogens is 210 g/mol. The largest absolute Gasteiger partial charge is 0.349 e. The highest BCUT2D eigenvalue weighted by molar-refractivity contribution is 7.08. The van der Waals surface area contributed by atoms with Crippen molar-refractivity contribution in [1.82, 2.24) is 10.2 Å². The quantitative estimate of drug-likeness (QED) is 0.432. The van der Waals surface area contributed by atoms with E-state index < -0.39 is 0 Å². The van der Waals surface area contributed by atoms with Crippen molar-refractivity contribution in [3.8, 4) is 0 Å². The molecule has 6 heteroatoms. The van der Waals surface area contributed by atoms with Crippen LogP contribution in [0.4, 0.5) is 5.69 Å². The number of anilines is 1. The van der Waals surface area contributed by atoms with Crippen LogP contribution in [0.5, 0.6) is 0 Å². The first-order valence-corrected chi connectivity index (χ1v) is 5.36. The normalized spacial score (nSPS) is 9.53. The molecule has 15 heavy (non-hydrogen) atoms. The summed E-state index contributed by atoms with van der Waals surface area (Å²) in [6, 6.07) is 0. The van der Waals surface area contributed by atoms with Crippen LogP contribution in [0.3, 0.4) is 0 Å². The lowest BCUT2D eigenvalue weighted by Crippen LogP contribution is -2.42. The molecule has 82 valence electrons. The summed E-state index contributed by atoms with van der Waals surface area (Å²) in [6.45, 7) is 1.98. The Morgan fingerprint density at radius 1 is 1.33 bits per heavy atom. The highest BCUT2D eigenvalue weighted by Gasteiger charge is 2.04. The van der Waals surface area contributed by atoms with Crippen LogP contribution in [0.25, 0.3) is 0 Å². The number of nitrogens with one attached hydrogen (secondary N) is 4. The van der Waals surface area contributed by atoms with E-state index >= 15 is 0 Å². The maximum absolute atomic E-state index is 7.60. The van der Waals surface area contributed by atoms with E-state index in [9.17, 15) is 0 Å². The topological polar surface area (TPSA) is 75.0 Å². The van der Waals surface area contributed by atoms with Gasteiger partial charge in [0.2, 0.25) is 0 Å². The van der Waals surface area contributed by atoms with Crippen molar-refractivity contribution in [2.24, 2.45) is 0 Å². The van der Waals surface area contributed by atoms with Gasteiger partial charge in [0.05, 0.1) is 5.69 Å². The van der Waals surface area contributed by atoms with Crippen LogP contribution in [-0.4, -0.2) is 30.9 Å². The Balaban J connectivity index is 2.50. The van der Waals surface area contributed by atoms with Crippen molar-refractivity contribution >= 4 is 28.9 Å². The third-order valence-electron chi connectivity index (χ3n) is 1.81. The number of hydrogen-bond acceptors (Lipinski definition) is 3. The second-order valence-corrected chi connectivity index (χ2v) is 4.08. The summed E-state index contributed by atoms with van der Waals surface area (Å²) in [5, 5.41) is 24.6. The third-order valence-corrected chi connectivity index (χ3v) is 2.67. The van der Waals surface area contributed by atoms with Gasteiger partial charge >= 0.3 is 0 Å². The summed E-state index contributed by atoms with van der Waals surface area (Å²) in [5.74, 6) is 0.288. The fourth-order valence-electron chi connectivity index (χ4n) is 0.885. The number of hydrogen-bond donors (Lipinski definition) is 4. The lowest BCUT2D eigenvalue weighted by atomic mass is 10.3. The van der Waals surface area contributed by atoms with Gasteiger partial charge in [-0.25, -0.2) is 0 Å². The van der Waals surface area contributed by atoms with E-state index in [4.69, 9.17) is 10.8 Å². The van der Waals surface area contributed by atoms with Gasteiger partial charge in [-0.05, 0) is 17.9 Å². The van der Waals surface area contributed by atoms with Gasteiger partial charge in [0.15, 0.2) is 11.9 Å². The van der Waals surface area contributed by atoms with Gasteiger partial charge in [0, 0.05) is 19.5 Å². The molecular formula is C9H15N5S. The minimum atomic E-state index is 0.107. The molecule has 0 aliphatic carbocycles. The van der Waals surface area contributed by atoms with E-state index in [1.807, 2.05) is 17.7 Å². The van der Waals surface area contributed by atoms with Crippen molar-refractivity contribution in [2.75, 3.05) is 19.4 Å². The van der Waals surface area contributed by atoms with Gasteiger partial charge in [-0.1, -0.05) is 0 Å². The predicted octanol–water partition coefficient (Wildman–Crippen LogP) is 1.49. The van der Waals surface area contributed by atoms with Crippen LogP contribution in [0.15, 0.2) is 10.8 Å². The molecule has 0 fully saturated rings. The standard InChI is InChI=1S/C9H15N5S/c1-6-4-15-5-7(6)12-8(10)13-9(11)14(2)3/h4-5H,1-3H3,(H4,10,11,12,13). The first-order chi connectivity index (χ1) is 7.00. The van der Waals surface area contributed by atoms with Crippen LogP contribution in [0.1, 0.15) is 5.56 Å². The van der Waals surface area contributed by atoms with E-state index in [-0.39, 0.29) is 11.9 Å². The van der Waals surface area contributed by atoms with E-state index in [0.717, 1.165) is 11.3 Å². The average Bonchev–Trinajstić information content (AvgIpc) is 2.51. The zero-order valence-electron chi connectivity index (χ0n) is 9.01. The fourth-order valence-corrected chi connectivity index (χ4v) is 1.66. The van der Waals surface area contributed by atoms with E-state index in [1.54, 1.807) is 30.3 Å². The van der Waals surface area contributed by atoms with Crippen LogP contribution in [-0.2, 0) is 0 Å². The molecule has 0 radical (unpaired) electrons. The Labute approximate surface area is 93.1 Å². The Kier molecular flexibility index (Phi) is 3.68. The zero-order chi connectivity index (χ0) is 11.4. The third kappa shape index (κ3) is 3.25. The smallest absolute Gasteiger partial charge is 0.199 e. The van der Waals surface area contributed by atoms with Crippen molar-refractivity contribution in [2.45, 2.75) is 6.92 Å². The summed E-state index contributed by atoms with van der Waals surface area (Å²) >= 11 is 1.58. The molecule has 4 N–H and O–H groups in total. The first-order valence-electron chi connectivity index (χ1n) is 4.42. The van der Waals surface area contributed by atoms with Crippen molar-refractivity contribution < 1.29 is 0 Å². The number of guanidine groups is 2. The maximum Gasteiger partial charge on any atom is 0.199 e. The average molecular weight is 225 g/mol. The second kappa shape index (κ2) is 4.79. The van der Waals surface area contributed by atoms with Gasteiger partial charge in [-0.15, -0.1) is 11.3 Å². The fraction of sp³-hybridized carbons (Fsp3) is 0.333. The number of nitrogens with zero attached hydrogens (tertiary/aromatic N) is 1. The van der Waals surface area contributed by atoms with E-state index in [0.29, 0.717) is 0 Å². The number of rotatable bonds is 1. The Bertz CT molecular complexity index is 368. The summed E-state index contributed by atoms with van der Waals surface area (Å²) in [7, 11) is 3.50. The van der Waals surface area contributed by atoms with Crippen molar-refractivity contribution in [1.29, 1.82) is 10.8 Å².